The average Bonchev–Trinajstić information content (AvgIpc) is 2.66. The zero-order chi connectivity index (χ0) is 22.6. The Morgan fingerprint density at radius 2 is 1.69 bits per heavy atom. The van der Waals surface area contributed by atoms with E-state index in [9.17, 15) is 32.8 Å². The van der Waals surface area contributed by atoms with Crippen molar-refractivity contribution in [2.24, 2.45) is 11.7 Å². The number of carbonyl (C=O) groups is 5. The van der Waals surface area contributed by atoms with Crippen LogP contribution in [0.15, 0.2) is 0 Å². The largest absolute Gasteiger partial charge is 0.480 e. The number of ketones is 1. The van der Waals surface area contributed by atoms with Crippen LogP contribution in [0.25, 0.3) is 0 Å². The Kier molecular flexibility index (Phi) is 12.3. The van der Waals surface area contributed by atoms with Gasteiger partial charge in [-0.2, -0.15) is 0 Å². The van der Waals surface area contributed by atoms with Crippen molar-refractivity contribution in [1.82, 2.24) is 16.0 Å². The number of carboxylic acid groups (broad SMARTS) is 1. The van der Waals surface area contributed by atoms with Gasteiger partial charge in [0, 0.05) is 12.8 Å². The fraction of sp³-hybridized carbons (Fsp3) is 0.706. The number of halogens is 2. The average molecular weight is 422 g/mol. The molecular weight excluding hydrogens is 394 g/mol. The second-order valence-electron chi connectivity index (χ2n) is 6.36. The molecule has 0 aromatic carbocycles. The van der Waals surface area contributed by atoms with E-state index < -0.39 is 66.9 Å². The number of alkyl halides is 2. The molecule has 0 aliphatic carbocycles. The Bertz CT molecular complexity index is 602. The summed E-state index contributed by atoms with van der Waals surface area (Å²) in [6, 6.07) is -2.27. The summed E-state index contributed by atoms with van der Waals surface area (Å²) in [4.78, 5) is 58.1. The molecule has 0 rings (SSSR count). The highest BCUT2D eigenvalue weighted by atomic mass is 19.3. The van der Waals surface area contributed by atoms with E-state index in [1.54, 1.807) is 6.92 Å². The number of nitrogens with one attached hydrogen (secondary N) is 3. The summed E-state index contributed by atoms with van der Waals surface area (Å²) in [7, 11) is 0. The van der Waals surface area contributed by atoms with Crippen molar-refractivity contribution < 1.29 is 37.9 Å². The molecule has 0 aromatic heterocycles. The molecule has 0 radical (unpaired) electrons. The third-order valence-corrected chi connectivity index (χ3v) is 3.98. The van der Waals surface area contributed by atoms with Crippen LogP contribution in [-0.4, -0.2) is 66.2 Å². The first-order valence-corrected chi connectivity index (χ1v) is 9.13. The zero-order valence-electron chi connectivity index (χ0n) is 16.4. The van der Waals surface area contributed by atoms with E-state index >= 15 is 0 Å². The molecule has 12 heteroatoms. The maximum absolute atomic E-state index is 13.2. The Labute approximate surface area is 167 Å². The predicted octanol–water partition coefficient (Wildman–Crippen LogP) is -0.834. The van der Waals surface area contributed by atoms with Crippen molar-refractivity contribution in [3.05, 3.63) is 0 Å². The van der Waals surface area contributed by atoms with Crippen LogP contribution in [-0.2, 0) is 24.0 Å². The molecule has 6 N–H and O–H groups in total. The Morgan fingerprint density at radius 3 is 2.17 bits per heavy atom. The first kappa shape index (κ1) is 26.4. The van der Waals surface area contributed by atoms with Gasteiger partial charge in [-0.05, 0) is 26.3 Å². The number of Topliss-reactive ketones (excluding diaryl/α,β-unsaturated/α-hetero) is 1. The van der Waals surface area contributed by atoms with Crippen LogP contribution < -0.4 is 21.7 Å². The molecule has 166 valence electrons. The SMILES string of the molecule is CCC(=O)NC(CCCN)C(=O)NCC(=O)C(CC(=O)N[C@@H](C)C(=O)O)C(F)F. The third-order valence-electron chi connectivity index (χ3n) is 3.98. The van der Waals surface area contributed by atoms with Crippen molar-refractivity contribution in [1.29, 1.82) is 0 Å². The Hall–Kier alpha value is -2.63. The lowest BCUT2D eigenvalue weighted by atomic mass is 9.99. The summed E-state index contributed by atoms with van der Waals surface area (Å²) in [6.45, 7) is 2.23. The van der Waals surface area contributed by atoms with E-state index in [1.807, 2.05) is 5.32 Å². The standard InChI is InChI=1S/C17H28F2N4O6/c1-3-13(25)23-11(5-4-6-20)16(27)21-8-12(24)10(15(18)19)7-14(26)22-9(2)17(28)29/h9-11,15H,3-8,20H2,1-2H3,(H,21,27)(H,22,26)(H,23,25)(H,28,29)/t9-,10?,11?/m0/s1. The van der Waals surface area contributed by atoms with Gasteiger partial charge in [-0.3, -0.25) is 24.0 Å². The normalized spacial score (nSPS) is 13.9. The molecule has 0 fully saturated rings. The lowest BCUT2D eigenvalue weighted by Gasteiger charge is -2.19. The van der Waals surface area contributed by atoms with Crippen molar-refractivity contribution >= 4 is 29.5 Å². The van der Waals surface area contributed by atoms with Crippen LogP contribution in [0.2, 0.25) is 0 Å². The number of hydrogen-bond acceptors (Lipinski definition) is 6. The lowest BCUT2D eigenvalue weighted by molar-refractivity contribution is -0.142. The molecule has 0 heterocycles. The maximum atomic E-state index is 13.2. The molecule has 0 saturated heterocycles. The van der Waals surface area contributed by atoms with Crippen LogP contribution in [0.3, 0.4) is 0 Å². The topological polar surface area (TPSA) is 168 Å². The molecule has 0 bridgehead atoms. The number of carboxylic acids is 1. The monoisotopic (exact) mass is 422 g/mol. The number of carbonyl (C=O) groups excluding carboxylic acids is 4. The van der Waals surface area contributed by atoms with E-state index in [4.69, 9.17) is 10.8 Å². The van der Waals surface area contributed by atoms with Gasteiger partial charge in [0.1, 0.15) is 12.1 Å². The first-order chi connectivity index (χ1) is 13.5. The number of rotatable bonds is 14. The van der Waals surface area contributed by atoms with Crippen molar-refractivity contribution in [3.8, 4) is 0 Å². The van der Waals surface area contributed by atoms with Crippen LogP contribution in [0, 0.1) is 5.92 Å². The second-order valence-corrected chi connectivity index (χ2v) is 6.36. The highest BCUT2D eigenvalue weighted by Gasteiger charge is 2.32. The highest BCUT2D eigenvalue weighted by Crippen LogP contribution is 2.15. The summed E-state index contributed by atoms with van der Waals surface area (Å²) in [6.07, 6.45) is -3.36. The summed E-state index contributed by atoms with van der Waals surface area (Å²) < 4.78 is 26.3. The molecule has 3 atom stereocenters. The molecule has 2 unspecified atom stereocenters. The summed E-state index contributed by atoms with van der Waals surface area (Å²) in [5.74, 6) is -6.62. The first-order valence-electron chi connectivity index (χ1n) is 9.13. The van der Waals surface area contributed by atoms with Crippen molar-refractivity contribution in [2.75, 3.05) is 13.1 Å². The fourth-order valence-electron chi connectivity index (χ4n) is 2.22. The van der Waals surface area contributed by atoms with Gasteiger partial charge in [-0.25, -0.2) is 8.78 Å². The molecule has 0 aromatic rings. The Morgan fingerprint density at radius 1 is 1.07 bits per heavy atom. The van der Waals surface area contributed by atoms with Crippen LogP contribution in [0.4, 0.5) is 8.78 Å². The van der Waals surface area contributed by atoms with Gasteiger partial charge in [-0.15, -0.1) is 0 Å². The smallest absolute Gasteiger partial charge is 0.325 e. The predicted molar refractivity (Wildman–Crippen MR) is 97.9 cm³/mol. The van der Waals surface area contributed by atoms with E-state index in [2.05, 4.69) is 10.6 Å². The van der Waals surface area contributed by atoms with Crippen molar-refractivity contribution in [3.63, 3.8) is 0 Å². The highest BCUT2D eigenvalue weighted by molar-refractivity contribution is 5.93. The number of aliphatic carboxylic acids is 1. The number of nitrogens with two attached hydrogens (primary N) is 1. The van der Waals surface area contributed by atoms with Crippen LogP contribution in [0.1, 0.15) is 39.5 Å². The molecule has 0 saturated carbocycles. The summed E-state index contributed by atoms with van der Waals surface area (Å²) in [5.41, 5.74) is 5.38. The van der Waals surface area contributed by atoms with E-state index in [0.717, 1.165) is 6.92 Å². The van der Waals surface area contributed by atoms with Gasteiger partial charge in [-0.1, -0.05) is 6.92 Å². The molecule has 29 heavy (non-hydrogen) atoms. The minimum atomic E-state index is -3.18. The van der Waals surface area contributed by atoms with Gasteiger partial charge >= 0.3 is 5.97 Å². The van der Waals surface area contributed by atoms with E-state index in [0.29, 0.717) is 6.42 Å². The second kappa shape index (κ2) is 13.5. The maximum Gasteiger partial charge on any atom is 0.325 e. The fourth-order valence-corrected chi connectivity index (χ4v) is 2.22. The molecule has 0 aliphatic rings. The molecular formula is C17H28F2N4O6. The zero-order valence-corrected chi connectivity index (χ0v) is 16.4. The Balaban J connectivity index is 4.87. The van der Waals surface area contributed by atoms with E-state index in [1.165, 1.54) is 0 Å². The molecule has 10 nitrogen and oxygen atoms in total. The summed E-state index contributed by atoms with van der Waals surface area (Å²) >= 11 is 0. The minimum Gasteiger partial charge on any atom is -0.480 e. The van der Waals surface area contributed by atoms with E-state index in [-0.39, 0.29) is 19.4 Å². The summed E-state index contributed by atoms with van der Waals surface area (Å²) in [5, 5.41) is 15.3. The molecule has 3 amide bonds. The third kappa shape index (κ3) is 10.5. The number of amides is 3. The van der Waals surface area contributed by atoms with Crippen molar-refractivity contribution in [2.45, 2.75) is 58.0 Å². The van der Waals surface area contributed by atoms with Gasteiger partial charge in [0.25, 0.3) is 0 Å². The van der Waals surface area contributed by atoms with Gasteiger partial charge in [0.15, 0.2) is 5.78 Å². The van der Waals surface area contributed by atoms with Crippen LogP contribution >= 0.6 is 0 Å². The quantitative estimate of drug-likeness (QED) is 0.243. The van der Waals surface area contributed by atoms with Gasteiger partial charge < -0.3 is 26.8 Å². The van der Waals surface area contributed by atoms with Crippen LogP contribution in [0.5, 0.6) is 0 Å². The molecule has 0 spiro atoms. The lowest BCUT2D eigenvalue weighted by Crippen LogP contribution is -2.49. The minimum absolute atomic E-state index is 0.128. The van der Waals surface area contributed by atoms with Gasteiger partial charge in [0.2, 0.25) is 24.1 Å². The molecule has 0 aliphatic heterocycles. The van der Waals surface area contributed by atoms with Gasteiger partial charge in [0.05, 0.1) is 12.5 Å². The number of hydrogen-bond donors (Lipinski definition) is 5.